The molecule has 1 unspecified atom stereocenters. The average molecular weight is 329 g/mol. The van der Waals surface area contributed by atoms with Crippen LogP contribution in [0.1, 0.15) is 23.4 Å². The minimum Gasteiger partial charge on any atom is -0.331 e. The van der Waals surface area contributed by atoms with E-state index in [0.29, 0.717) is 15.0 Å². The molecule has 1 heterocycles. The van der Waals surface area contributed by atoms with E-state index in [2.05, 4.69) is 10.6 Å². The third-order valence-corrected chi connectivity index (χ3v) is 4.47. The van der Waals surface area contributed by atoms with Crippen molar-refractivity contribution in [2.45, 2.75) is 19.9 Å². The Hall–Kier alpha value is -1.23. The standard InChI is InChI=1S/C14H14Cl2N2OS/c1-8-3-4-10(15)7-11(8)18-14(19)17-9(2)12-5-6-13(16)20-12/h3-7,9H,1-2H3,(H2,17,18,19). The lowest BCUT2D eigenvalue weighted by molar-refractivity contribution is 0.249. The summed E-state index contributed by atoms with van der Waals surface area (Å²) in [5.41, 5.74) is 1.66. The Bertz CT molecular complexity index is 627. The SMILES string of the molecule is Cc1ccc(Cl)cc1NC(=O)NC(C)c1ccc(Cl)s1. The van der Waals surface area contributed by atoms with Gasteiger partial charge in [0, 0.05) is 15.6 Å². The highest BCUT2D eigenvalue weighted by Crippen LogP contribution is 2.27. The first kappa shape index (κ1) is 15.2. The molecular weight excluding hydrogens is 315 g/mol. The van der Waals surface area contributed by atoms with E-state index in [9.17, 15) is 4.79 Å². The van der Waals surface area contributed by atoms with E-state index in [1.807, 2.05) is 32.0 Å². The quantitative estimate of drug-likeness (QED) is 0.794. The van der Waals surface area contributed by atoms with E-state index in [1.54, 1.807) is 12.1 Å². The smallest absolute Gasteiger partial charge is 0.319 e. The molecule has 0 aliphatic heterocycles. The molecule has 1 atom stereocenters. The van der Waals surface area contributed by atoms with Gasteiger partial charge in [0.1, 0.15) is 0 Å². The number of amides is 2. The normalized spacial score (nSPS) is 12.0. The molecule has 106 valence electrons. The average Bonchev–Trinajstić information content (AvgIpc) is 2.80. The van der Waals surface area contributed by atoms with Crippen molar-refractivity contribution in [2.24, 2.45) is 0 Å². The number of carbonyl (C=O) groups is 1. The summed E-state index contributed by atoms with van der Waals surface area (Å²) in [5, 5.41) is 6.25. The van der Waals surface area contributed by atoms with Crippen LogP contribution in [0.2, 0.25) is 9.36 Å². The fourth-order valence-electron chi connectivity index (χ4n) is 1.72. The number of halogens is 2. The predicted octanol–water partition coefficient (Wildman–Crippen LogP) is 5.25. The second-order valence-corrected chi connectivity index (χ2v) is 6.60. The number of hydrogen-bond acceptors (Lipinski definition) is 2. The van der Waals surface area contributed by atoms with Crippen molar-refractivity contribution in [3.05, 3.63) is 50.1 Å². The molecular formula is C14H14Cl2N2OS. The van der Waals surface area contributed by atoms with Crippen molar-refractivity contribution in [3.8, 4) is 0 Å². The van der Waals surface area contributed by atoms with Crippen LogP contribution in [0.3, 0.4) is 0 Å². The lowest BCUT2D eigenvalue weighted by Gasteiger charge is -2.14. The Morgan fingerprint density at radius 1 is 1.25 bits per heavy atom. The topological polar surface area (TPSA) is 41.1 Å². The first-order chi connectivity index (χ1) is 9.45. The molecule has 20 heavy (non-hydrogen) atoms. The fraction of sp³-hybridized carbons (Fsp3) is 0.214. The zero-order valence-electron chi connectivity index (χ0n) is 11.0. The third kappa shape index (κ3) is 3.88. The van der Waals surface area contributed by atoms with Gasteiger partial charge in [0.05, 0.1) is 10.4 Å². The van der Waals surface area contributed by atoms with Crippen LogP contribution < -0.4 is 10.6 Å². The summed E-state index contributed by atoms with van der Waals surface area (Å²) < 4.78 is 0.708. The minimum absolute atomic E-state index is 0.105. The van der Waals surface area contributed by atoms with Crippen LogP contribution in [0.25, 0.3) is 0 Å². The fourth-order valence-corrected chi connectivity index (χ4v) is 2.95. The third-order valence-electron chi connectivity index (χ3n) is 2.82. The van der Waals surface area contributed by atoms with E-state index in [0.717, 1.165) is 10.4 Å². The molecule has 0 aliphatic carbocycles. The summed E-state index contributed by atoms with van der Waals surface area (Å²) in [4.78, 5) is 13.0. The van der Waals surface area contributed by atoms with Crippen molar-refractivity contribution in [1.82, 2.24) is 5.32 Å². The molecule has 2 amide bonds. The van der Waals surface area contributed by atoms with Gasteiger partial charge in [-0.15, -0.1) is 11.3 Å². The summed E-state index contributed by atoms with van der Waals surface area (Å²) in [7, 11) is 0. The molecule has 6 heteroatoms. The highest BCUT2D eigenvalue weighted by Gasteiger charge is 2.12. The molecule has 0 fully saturated rings. The Morgan fingerprint density at radius 2 is 2.00 bits per heavy atom. The molecule has 2 aromatic rings. The maximum atomic E-state index is 12.0. The van der Waals surface area contributed by atoms with Gasteiger partial charge in [-0.05, 0) is 43.7 Å². The summed E-state index contributed by atoms with van der Waals surface area (Å²) in [6, 6.07) is 8.72. The van der Waals surface area contributed by atoms with Crippen LogP contribution in [0.15, 0.2) is 30.3 Å². The van der Waals surface area contributed by atoms with Crippen molar-refractivity contribution in [1.29, 1.82) is 0 Å². The van der Waals surface area contributed by atoms with Gasteiger partial charge in [0.15, 0.2) is 0 Å². The second kappa shape index (κ2) is 6.48. The Morgan fingerprint density at radius 3 is 2.65 bits per heavy atom. The van der Waals surface area contributed by atoms with Gasteiger partial charge in [0.25, 0.3) is 0 Å². The molecule has 0 saturated carbocycles. The maximum Gasteiger partial charge on any atom is 0.319 e. The number of anilines is 1. The molecule has 1 aromatic carbocycles. The van der Waals surface area contributed by atoms with Crippen LogP contribution >= 0.6 is 34.5 Å². The van der Waals surface area contributed by atoms with Crippen LogP contribution in [0.5, 0.6) is 0 Å². The Labute approximate surface area is 131 Å². The molecule has 1 aromatic heterocycles. The Kier molecular flexibility index (Phi) is 4.91. The second-order valence-electron chi connectivity index (χ2n) is 4.42. The first-order valence-corrected chi connectivity index (χ1v) is 7.62. The number of thiophene rings is 1. The number of aryl methyl sites for hydroxylation is 1. The zero-order valence-corrected chi connectivity index (χ0v) is 13.4. The van der Waals surface area contributed by atoms with Crippen molar-refractivity contribution >= 4 is 46.3 Å². The number of nitrogens with one attached hydrogen (secondary N) is 2. The maximum absolute atomic E-state index is 12.0. The minimum atomic E-state index is -0.271. The van der Waals surface area contributed by atoms with Gasteiger partial charge in [-0.2, -0.15) is 0 Å². The predicted molar refractivity (Wildman–Crippen MR) is 86.1 cm³/mol. The van der Waals surface area contributed by atoms with Gasteiger partial charge in [-0.25, -0.2) is 4.79 Å². The first-order valence-electron chi connectivity index (χ1n) is 6.04. The van der Waals surface area contributed by atoms with Crippen molar-refractivity contribution < 1.29 is 4.79 Å². The van der Waals surface area contributed by atoms with Crippen LogP contribution in [0.4, 0.5) is 10.5 Å². The molecule has 0 saturated heterocycles. The van der Waals surface area contributed by atoms with Gasteiger partial charge in [-0.1, -0.05) is 29.3 Å². The number of rotatable bonds is 3. The molecule has 0 bridgehead atoms. The van der Waals surface area contributed by atoms with Crippen molar-refractivity contribution in [2.75, 3.05) is 5.32 Å². The van der Waals surface area contributed by atoms with Gasteiger partial charge in [0.2, 0.25) is 0 Å². The van der Waals surface area contributed by atoms with E-state index >= 15 is 0 Å². The lowest BCUT2D eigenvalue weighted by Crippen LogP contribution is -2.31. The largest absolute Gasteiger partial charge is 0.331 e. The monoisotopic (exact) mass is 328 g/mol. The van der Waals surface area contributed by atoms with Crippen molar-refractivity contribution in [3.63, 3.8) is 0 Å². The number of urea groups is 1. The zero-order chi connectivity index (χ0) is 14.7. The number of carbonyl (C=O) groups excluding carboxylic acids is 1. The summed E-state index contributed by atoms with van der Waals surface area (Å²) in [6.45, 7) is 3.82. The molecule has 0 radical (unpaired) electrons. The summed E-state index contributed by atoms with van der Waals surface area (Å²) in [6.07, 6.45) is 0. The Balaban J connectivity index is 2.00. The molecule has 3 nitrogen and oxygen atoms in total. The highest BCUT2D eigenvalue weighted by molar-refractivity contribution is 7.16. The molecule has 2 rings (SSSR count). The van der Waals surface area contributed by atoms with Gasteiger partial charge < -0.3 is 10.6 Å². The highest BCUT2D eigenvalue weighted by atomic mass is 35.5. The molecule has 0 aliphatic rings. The summed E-state index contributed by atoms with van der Waals surface area (Å²) >= 11 is 13.3. The summed E-state index contributed by atoms with van der Waals surface area (Å²) in [5.74, 6) is 0. The van der Waals surface area contributed by atoms with Gasteiger partial charge in [-0.3, -0.25) is 0 Å². The number of hydrogen-bond donors (Lipinski definition) is 2. The molecule has 0 spiro atoms. The van der Waals surface area contributed by atoms with Gasteiger partial charge >= 0.3 is 6.03 Å². The van der Waals surface area contributed by atoms with Crippen LogP contribution in [-0.4, -0.2) is 6.03 Å². The van der Waals surface area contributed by atoms with E-state index in [1.165, 1.54) is 11.3 Å². The molecule has 2 N–H and O–H groups in total. The van der Waals surface area contributed by atoms with Crippen LogP contribution in [0, 0.1) is 6.92 Å². The number of benzene rings is 1. The van der Waals surface area contributed by atoms with Crippen LogP contribution in [-0.2, 0) is 0 Å². The lowest BCUT2D eigenvalue weighted by atomic mass is 10.2. The van der Waals surface area contributed by atoms with E-state index in [-0.39, 0.29) is 12.1 Å². The van der Waals surface area contributed by atoms with E-state index in [4.69, 9.17) is 23.2 Å². The van der Waals surface area contributed by atoms with E-state index < -0.39 is 0 Å².